The third kappa shape index (κ3) is 6.73. The molecule has 0 spiro atoms. The van der Waals surface area contributed by atoms with Crippen LogP contribution in [0.25, 0.3) is 0 Å². The van der Waals surface area contributed by atoms with Crippen LogP contribution in [0.3, 0.4) is 0 Å². The molecule has 31 heavy (non-hydrogen) atoms. The number of nitrogens with zero attached hydrogens (tertiary/aromatic N) is 2. The Hall–Kier alpha value is -2.52. The average Bonchev–Trinajstić information content (AvgIpc) is 2.77. The minimum absolute atomic E-state index is 0.156. The van der Waals surface area contributed by atoms with E-state index in [-0.39, 0.29) is 10.8 Å². The van der Waals surface area contributed by atoms with Gasteiger partial charge in [0, 0.05) is 38.2 Å². The van der Waals surface area contributed by atoms with Gasteiger partial charge in [-0.25, -0.2) is 21.9 Å². The van der Waals surface area contributed by atoms with Gasteiger partial charge < -0.3 is 10.6 Å². The van der Waals surface area contributed by atoms with E-state index in [4.69, 9.17) is 0 Å². The number of halogens is 1. The van der Waals surface area contributed by atoms with Crippen LogP contribution in [0, 0.1) is 5.92 Å². The highest BCUT2D eigenvalue weighted by Crippen LogP contribution is 2.29. The van der Waals surface area contributed by atoms with Gasteiger partial charge in [0.15, 0.2) is 0 Å². The van der Waals surface area contributed by atoms with E-state index < -0.39 is 22.2 Å². The lowest BCUT2D eigenvalue weighted by molar-refractivity contribution is 0.187. The van der Waals surface area contributed by atoms with Crippen molar-refractivity contribution >= 4 is 21.7 Å². The SMILES string of the molecule is CN(CCC1CCCC(F)C1)S(=O)(=O)c1ccc(NC(=O)NCc2cccnc2)cc1. The molecule has 9 heteroatoms. The maximum atomic E-state index is 13.6. The van der Waals surface area contributed by atoms with Crippen LogP contribution in [-0.2, 0) is 16.6 Å². The van der Waals surface area contributed by atoms with E-state index in [1.807, 2.05) is 6.07 Å². The molecule has 1 aliphatic rings. The van der Waals surface area contributed by atoms with Gasteiger partial charge in [0.25, 0.3) is 0 Å². The Morgan fingerprint density at radius 2 is 2.00 bits per heavy atom. The molecule has 0 bridgehead atoms. The lowest BCUT2D eigenvalue weighted by Gasteiger charge is -2.26. The average molecular weight is 449 g/mol. The van der Waals surface area contributed by atoms with Crippen molar-refractivity contribution in [3.05, 3.63) is 54.4 Å². The van der Waals surface area contributed by atoms with E-state index in [9.17, 15) is 17.6 Å². The molecule has 168 valence electrons. The number of amides is 2. The molecule has 2 aromatic rings. The highest BCUT2D eigenvalue weighted by molar-refractivity contribution is 7.89. The van der Waals surface area contributed by atoms with Gasteiger partial charge in [-0.2, -0.15) is 0 Å². The first-order valence-corrected chi connectivity index (χ1v) is 11.9. The van der Waals surface area contributed by atoms with E-state index in [0.717, 1.165) is 18.4 Å². The fourth-order valence-corrected chi connectivity index (χ4v) is 4.91. The zero-order valence-corrected chi connectivity index (χ0v) is 18.4. The number of alkyl halides is 1. The van der Waals surface area contributed by atoms with Gasteiger partial charge in [-0.1, -0.05) is 18.9 Å². The molecule has 1 aromatic carbocycles. The molecule has 0 radical (unpaired) electrons. The number of carbonyl (C=O) groups is 1. The molecule has 0 saturated heterocycles. The summed E-state index contributed by atoms with van der Waals surface area (Å²) in [6.07, 6.45) is 6.19. The number of hydrogen-bond acceptors (Lipinski definition) is 4. The van der Waals surface area contributed by atoms with Crippen molar-refractivity contribution < 1.29 is 17.6 Å². The quantitative estimate of drug-likeness (QED) is 0.640. The second-order valence-corrected chi connectivity index (χ2v) is 9.98. The molecule has 7 nitrogen and oxygen atoms in total. The summed E-state index contributed by atoms with van der Waals surface area (Å²) in [4.78, 5) is 16.2. The summed E-state index contributed by atoms with van der Waals surface area (Å²) < 4.78 is 40.5. The first-order chi connectivity index (χ1) is 14.8. The number of rotatable bonds is 8. The summed E-state index contributed by atoms with van der Waals surface area (Å²) in [5.41, 5.74) is 1.36. The largest absolute Gasteiger partial charge is 0.334 e. The number of anilines is 1. The molecular weight excluding hydrogens is 419 g/mol. The van der Waals surface area contributed by atoms with E-state index in [2.05, 4.69) is 15.6 Å². The topological polar surface area (TPSA) is 91.4 Å². The molecule has 1 aliphatic carbocycles. The predicted octanol–water partition coefficient (Wildman–Crippen LogP) is 3.94. The number of benzene rings is 1. The summed E-state index contributed by atoms with van der Waals surface area (Å²) in [6.45, 7) is 0.692. The summed E-state index contributed by atoms with van der Waals surface area (Å²) in [7, 11) is -2.10. The van der Waals surface area contributed by atoms with Gasteiger partial charge in [-0.15, -0.1) is 0 Å². The summed E-state index contributed by atoms with van der Waals surface area (Å²) in [5, 5.41) is 5.40. The fourth-order valence-electron chi connectivity index (χ4n) is 3.72. The van der Waals surface area contributed by atoms with Crippen LogP contribution in [0.5, 0.6) is 0 Å². The van der Waals surface area contributed by atoms with Gasteiger partial charge in [0.05, 0.1) is 4.90 Å². The van der Waals surface area contributed by atoms with E-state index in [1.54, 1.807) is 37.6 Å². The lowest BCUT2D eigenvalue weighted by atomic mass is 9.86. The fraction of sp³-hybridized carbons (Fsp3) is 0.455. The molecule has 2 atom stereocenters. The Bertz CT molecular complexity index is 954. The minimum atomic E-state index is -3.64. The lowest BCUT2D eigenvalue weighted by Crippen LogP contribution is -2.30. The van der Waals surface area contributed by atoms with Crippen LogP contribution in [0.4, 0.5) is 14.9 Å². The summed E-state index contributed by atoms with van der Waals surface area (Å²) in [5.74, 6) is 0.234. The van der Waals surface area contributed by atoms with Crippen molar-refractivity contribution in [2.45, 2.75) is 49.7 Å². The molecule has 0 aliphatic heterocycles. The Kier molecular flexibility index (Phi) is 7.97. The molecular formula is C22H29FN4O3S. The number of sulfonamides is 1. The highest BCUT2D eigenvalue weighted by Gasteiger charge is 2.25. The normalized spacial score (nSPS) is 19.2. The van der Waals surface area contributed by atoms with Gasteiger partial charge in [0.1, 0.15) is 6.17 Å². The van der Waals surface area contributed by atoms with Crippen LogP contribution in [0.2, 0.25) is 0 Å². The molecule has 3 rings (SSSR count). The predicted molar refractivity (Wildman–Crippen MR) is 118 cm³/mol. The van der Waals surface area contributed by atoms with Crippen molar-refractivity contribution in [2.75, 3.05) is 18.9 Å². The zero-order valence-electron chi connectivity index (χ0n) is 17.6. The first kappa shape index (κ1) is 23.1. The third-order valence-electron chi connectivity index (χ3n) is 5.57. The van der Waals surface area contributed by atoms with Crippen molar-refractivity contribution in [3.8, 4) is 0 Å². The van der Waals surface area contributed by atoms with Gasteiger partial charge in [-0.05, 0) is 61.1 Å². The monoisotopic (exact) mass is 448 g/mol. The number of carbonyl (C=O) groups excluding carboxylic acids is 1. The van der Waals surface area contributed by atoms with Gasteiger partial charge in [-0.3, -0.25) is 4.98 Å². The maximum absolute atomic E-state index is 13.6. The van der Waals surface area contributed by atoms with Crippen molar-refractivity contribution in [3.63, 3.8) is 0 Å². The molecule has 2 amide bonds. The van der Waals surface area contributed by atoms with Crippen molar-refractivity contribution in [2.24, 2.45) is 5.92 Å². The maximum Gasteiger partial charge on any atom is 0.319 e. The second kappa shape index (κ2) is 10.7. The van der Waals surface area contributed by atoms with Gasteiger partial charge in [0.2, 0.25) is 10.0 Å². The van der Waals surface area contributed by atoms with Crippen LogP contribution < -0.4 is 10.6 Å². The number of nitrogens with one attached hydrogen (secondary N) is 2. The first-order valence-electron chi connectivity index (χ1n) is 10.5. The standard InChI is InChI=1S/C22H29FN4O3S/c1-27(13-11-17-4-2-6-19(23)14-17)31(29,30)21-9-7-20(8-10-21)26-22(28)25-16-18-5-3-12-24-15-18/h3,5,7-10,12,15,17,19H,2,4,6,11,13-14,16H2,1H3,(H2,25,26,28). The Morgan fingerprint density at radius 3 is 2.68 bits per heavy atom. The van der Waals surface area contributed by atoms with E-state index >= 15 is 0 Å². The van der Waals surface area contributed by atoms with Crippen molar-refractivity contribution in [1.82, 2.24) is 14.6 Å². The van der Waals surface area contributed by atoms with Crippen LogP contribution in [-0.4, -0.2) is 43.5 Å². The Morgan fingerprint density at radius 1 is 1.23 bits per heavy atom. The molecule has 1 heterocycles. The third-order valence-corrected chi connectivity index (χ3v) is 7.44. The zero-order chi connectivity index (χ0) is 22.3. The molecule has 1 saturated carbocycles. The minimum Gasteiger partial charge on any atom is -0.334 e. The molecule has 1 fully saturated rings. The van der Waals surface area contributed by atoms with E-state index in [1.165, 1.54) is 16.4 Å². The number of hydrogen-bond donors (Lipinski definition) is 2. The Balaban J connectivity index is 1.51. The van der Waals surface area contributed by atoms with Crippen molar-refractivity contribution in [1.29, 1.82) is 0 Å². The van der Waals surface area contributed by atoms with Gasteiger partial charge >= 0.3 is 6.03 Å². The van der Waals surface area contributed by atoms with Crippen LogP contribution >= 0.6 is 0 Å². The van der Waals surface area contributed by atoms with Crippen LogP contribution in [0.1, 0.15) is 37.7 Å². The number of pyridine rings is 1. The summed E-state index contributed by atoms with van der Waals surface area (Å²) >= 11 is 0. The molecule has 1 aromatic heterocycles. The molecule has 2 unspecified atom stereocenters. The number of urea groups is 1. The smallest absolute Gasteiger partial charge is 0.319 e. The second-order valence-electron chi connectivity index (χ2n) is 7.94. The molecule has 2 N–H and O–H groups in total. The Labute approximate surface area is 183 Å². The summed E-state index contributed by atoms with van der Waals surface area (Å²) in [6, 6.07) is 9.31. The highest BCUT2D eigenvalue weighted by atomic mass is 32.2. The number of aromatic nitrogens is 1. The van der Waals surface area contributed by atoms with Crippen LogP contribution in [0.15, 0.2) is 53.7 Å². The van der Waals surface area contributed by atoms with E-state index in [0.29, 0.717) is 38.0 Å².